The number of hydrogen-bond donors (Lipinski definition) is 0. The maximum absolute atomic E-state index is 9.88. The standard InChI is InChI=1S/C4H3NO2S2.K/c6-4(7)9-3-1-8-2-5-3;/h1-2H,(H,6,7);/q;+1/p-1. The largest absolute Gasteiger partial charge is 1.00 e. The van der Waals surface area contributed by atoms with Crippen LogP contribution in [0.5, 0.6) is 0 Å². The number of hydrogen-bond acceptors (Lipinski definition) is 5. The molecule has 1 rings (SSSR count). The molecule has 1 heterocycles. The molecule has 0 aliphatic heterocycles. The maximum atomic E-state index is 9.88. The molecule has 0 aliphatic rings. The van der Waals surface area contributed by atoms with E-state index in [2.05, 4.69) is 4.98 Å². The Morgan fingerprint density at radius 1 is 1.80 bits per heavy atom. The van der Waals surface area contributed by atoms with E-state index in [0.717, 1.165) is 0 Å². The van der Waals surface area contributed by atoms with E-state index >= 15 is 0 Å². The molecular weight excluding hydrogens is 197 g/mol. The molecular formula is C4H2KNO2S2. The van der Waals surface area contributed by atoms with Crippen molar-refractivity contribution in [2.24, 2.45) is 0 Å². The van der Waals surface area contributed by atoms with Crippen LogP contribution in [0.1, 0.15) is 0 Å². The third-order valence-corrected chi connectivity index (χ3v) is 1.93. The van der Waals surface area contributed by atoms with Crippen LogP contribution in [-0.2, 0) is 0 Å². The number of rotatable bonds is 1. The van der Waals surface area contributed by atoms with Crippen LogP contribution in [0.2, 0.25) is 0 Å². The fourth-order valence-corrected chi connectivity index (χ4v) is 1.45. The number of thioether (sulfide) groups is 1. The van der Waals surface area contributed by atoms with Crippen molar-refractivity contribution in [1.29, 1.82) is 0 Å². The van der Waals surface area contributed by atoms with Crippen molar-refractivity contribution in [3.8, 4) is 0 Å². The molecule has 0 saturated heterocycles. The zero-order valence-electron chi connectivity index (χ0n) is 5.23. The molecule has 0 spiro atoms. The molecule has 0 aliphatic carbocycles. The van der Waals surface area contributed by atoms with Gasteiger partial charge in [-0.15, -0.1) is 11.3 Å². The Hall–Kier alpha value is 1.09. The first-order chi connectivity index (χ1) is 4.29. The summed E-state index contributed by atoms with van der Waals surface area (Å²) in [6.45, 7) is 0. The van der Waals surface area contributed by atoms with E-state index in [1.54, 1.807) is 10.9 Å². The second kappa shape index (κ2) is 5.70. The molecule has 1 aromatic rings. The zero-order valence-corrected chi connectivity index (χ0v) is 9.99. The number of carbonyl (C=O) groups excluding carboxylic acids is 1. The molecule has 6 heteroatoms. The van der Waals surface area contributed by atoms with Crippen molar-refractivity contribution >= 4 is 28.4 Å². The van der Waals surface area contributed by atoms with Crippen molar-refractivity contribution in [2.75, 3.05) is 0 Å². The first kappa shape index (κ1) is 11.1. The van der Waals surface area contributed by atoms with Gasteiger partial charge in [-0.2, -0.15) is 0 Å². The Labute approximate surface area is 109 Å². The summed E-state index contributed by atoms with van der Waals surface area (Å²) in [5.74, 6) is 0. The van der Waals surface area contributed by atoms with E-state index in [-0.39, 0.29) is 51.4 Å². The Morgan fingerprint density at radius 3 is 2.90 bits per heavy atom. The minimum atomic E-state index is -1.17. The van der Waals surface area contributed by atoms with Crippen LogP contribution < -0.4 is 56.5 Å². The molecule has 0 amide bonds. The first-order valence-corrected chi connectivity index (χ1v) is 3.82. The molecule has 10 heavy (non-hydrogen) atoms. The summed E-state index contributed by atoms with van der Waals surface area (Å²) in [6, 6.07) is 0. The molecule has 0 fully saturated rings. The summed E-state index contributed by atoms with van der Waals surface area (Å²) in [4.78, 5) is 13.6. The predicted octanol–water partition coefficient (Wildman–Crippen LogP) is -2.42. The van der Waals surface area contributed by atoms with Gasteiger partial charge in [0.15, 0.2) is 0 Å². The van der Waals surface area contributed by atoms with Gasteiger partial charge in [0.25, 0.3) is 0 Å². The van der Waals surface area contributed by atoms with Crippen molar-refractivity contribution in [3.63, 3.8) is 0 Å². The average Bonchev–Trinajstić information content (AvgIpc) is 2.15. The molecule has 0 radical (unpaired) electrons. The van der Waals surface area contributed by atoms with Crippen LogP contribution in [0.15, 0.2) is 15.9 Å². The minimum absolute atomic E-state index is 0. The van der Waals surface area contributed by atoms with Crippen LogP contribution >= 0.6 is 23.1 Å². The monoisotopic (exact) mass is 199 g/mol. The fourth-order valence-electron chi connectivity index (χ4n) is 0.337. The topological polar surface area (TPSA) is 53.0 Å². The molecule has 48 valence electrons. The number of thiazole rings is 1. The quantitative estimate of drug-likeness (QED) is 0.373. The minimum Gasteiger partial charge on any atom is -0.538 e. The van der Waals surface area contributed by atoms with E-state index in [4.69, 9.17) is 0 Å². The molecule has 0 N–H and O–H groups in total. The number of carbonyl (C=O) groups is 1. The van der Waals surface area contributed by atoms with Gasteiger partial charge in [-0.1, -0.05) is 11.8 Å². The fraction of sp³-hybridized carbons (Fsp3) is 0. The van der Waals surface area contributed by atoms with Gasteiger partial charge in [-0.3, -0.25) is 0 Å². The van der Waals surface area contributed by atoms with Gasteiger partial charge in [-0.25, -0.2) is 4.98 Å². The van der Waals surface area contributed by atoms with Crippen LogP contribution in [0.25, 0.3) is 0 Å². The second-order valence-corrected chi connectivity index (χ2v) is 2.85. The third kappa shape index (κ3) is 4.07. The predicted molar refractivity (Wildman–Crippen MR) is 33.4 cm³/mol. The SMILES string of the molecule is O=C([O-])Sc1cscn1.[K+]. The average molecular weight is 199 g/mol. The summed E-state index contributed by atoms with van der Waals surface area (Å²) in [5, 5.41) is 10.9. The second-order valence-electron chi connectivity index (χ2n) is 1.18. The number of nitrogens with zero attached hydrogens (tertiary/aromatic N) is 1. The summed E-state index contributed by atoms with van der Waals surface area (Å²) < 4.78 is 0. The van der Waals surface area contributed by atoms with Crippen LogP contribution in [0, 0.1) is 0 Å². The van der Waals surface area contributed by atoms with Crippen LogP contribution in [-0.4, -0.2) is 10.3 Å². The van der Waals surface area contributed by atoms with Crippen molar-refractivity contribution in [2.45, 2.75) is 5.03 Å². The van der Waals surface area contributed by atoms with Gasteiger partial charge in [0.2, 0.25) is 0 Å². The van der Waals surface area contributed by atoms with Gasteiger partial charge in [0, 0.05) is 5.38 Å². The Kier molecular flexibility index (Phi) is 6.32. The summed E-state index contributed by atoms with van der Waals surface area (Å²) in [6.07, 6.45) is 0. The maximum Gasteiger partial charge on any atom is 1.00 e. The van der Waals surface area contributed by atoms with E-state index in [1.165, 1.54) is 11.3 Å². The molecule has 0 bridgehead atoms. The summed E-state index contributed by atoms with van der Waals surface area (Å²) in [5.41, 5.74) is 1.57. The Morgan fingerprint density at radius 2 is 2.50 bits per heavy atom. The Bertz CT molecular complexity index is 201. The molecule has 0 saturated carbocycles. The molecule has 0 aromatic carbocycles. The molecule has 0 atom stereocenters. The molecule has 0 unspecified atom stereocenters. The third-order valence-electron chi connectivity index (χ3n) is 0.598. The van der Waals surface area contributed by atoms with Crippen molar-refractivity contribution in [3.05, 3.63) is 10.9 Å². The van der Waals surface area contributed by atoms with Crippen LogP contribution in [0.3, 0.4) is 0 Å². The van der Waals surface area contributed by atoms with Crippen molar-refractivity contribution < 1.29 is 61.3 Å². The smallest absolute Gasteiger partial charge is 0.538 e. The van der Waals surface area contributed by atoms with Gasteiger partial charge in [0.1, 0.15) is 10.3 Å². The van der Waals surface area contributed by atoms with Gasteiger partial charge in [-0.05, 0) is 0 Å². The van der Waals surface area contributed by atoms with Gasteiger partial charge < -0.3 is 9.90 Å². The summed E-state index contributed by atoms with van der Waals surface area (Å²) in [7, 11) is 0. The molecule has 1 aromatic heterocycles. The number of aromatic nitrogens is 1. The Balaban J connectivity index is 0.000000810. The molecule has 3 nitrogen and oxygen atoms in total. The zero-order chi connectivity index (χ0) is 6.69. The van der Waals surface area contributed by atoms with E-state index in [9.17, 15) is 9.90 Å². The van der Waals surface area contributed by atoms with Crippen LogP contribution in [0.4, 0.5) is 4.79 Å². The van der Waals surface area contributed by atoms with Gasteiger partial charge in [0.05, 0.1) is 5.51 Å². The summed E-state index contributed by atoms with van der Waals surface area (Å²) >= 11 is 1.97. The normalized spacial score (nSPS) is 8.40. The van der Waals surface area contributed by atoms with Gasteiger partial charge >= 0.3 is 51.4 Å². The number of carboxylic acid groups (broad SMARTS) is 1. The van der Waals surface area contributed by atoms with E-state index < -0.39 is 5.30 Å². The first-order valence-electron chi connectivity index (χ1n) is 2.06. The van der Waals surface area contributed by atoms with Crippen molar-refractivity contribution in [1.82, 2.24) is 4.98 Å². The van der Waals surface area contributed by atoms with E-state index in [1.807, 2.05) is 0 Å². The van der Waals surface area contributed by atoms with E-state index in [0.29, 0.717) is 16.8 Å².